The Kier molecular flexibility index (Phi) is 5.32. The van der Waals surface area contributed by atoms with Gasteiger partial charge in [0.1, 0.15) is 0 Å². The van der Waals surface area contributed by atoms with E-state index in [2.05, 4.69) is 11.6 Å². The fourth-order valence-corrected chi connectivity index (χ4v) is 4.25. The Bertz CT molecular complexity index is 905. The van der Waals surface area contributed by atoms with Crippen molar-refractivity contribution < 1.29 is 13.2 Å². The van der Waals surface area contributed by atoms with E-state index in [1.807, 2.05) is 25.1 Å². The van der Waals surface area contributed by atoms with Crippen LogP contribution in [0.25, 0.3) is 0 Å². The first kappa shape index (κ1) is 18.5. The molecule has 1 N–H and O–H groups in total. The van der Waals surface area contributed by atoms with E-state index in [1.54, 1.807) is 29.2 Å². The molecule has 1 saturated heterocycles. The van der Waals surface area contributed by atoms with Crippen LogP contribution in [-0.4, -0.2) is 20.9 Å². The topological polar surface area (TPSA) is 66.5 Å². The molecule has 138 valence electrons. The van der Waals surface area contributed by atoms with E-state index in [4.69, 9.17) is 0 Å². The highest BCUT2D eigenvalue weighted by atomic mass is 32.2. The highest BCUT2D eigenvalue weighted by Gasteiger charge is 2.24. The fraction of sp³-hybridized carbons (Fsp3) is 0.350. The number of sulfonamides is 1. The highest BCUT2D eigenvalue weighted by Crippen LogP contribution is 2.29. The molecule has 0 atom stereocenters. The summed E-state index contributed by atoms with van der Waals surface area (Å²) in [5, 5.41) is 0. The van der Waals surface area contributed by atoms with E-state index in [9.17, 15) is 13.2 Å². The maximum Gasteiger partial charge on any atom is 0.261 e. The van der Waals surface area contributed by atoms with Crippen LogP contribution in [-0.2, 0) is 21.2 Å². The highest BCUT2D eigenvalue weighted by molar-refractivity contribution is 7.92. The van der Waals surface area contributed by atoms with Gasteiger partial charge in [-0.05, 0) is 55.2 Å². The number of carbonyl (C=O) groups is 1. The average molecular weight is 372 g/mol. The number of benzene rings is 2. The summed E-state index contributed by atoms with van der Waals surface area (Å²) in [7, 11) is -3.67. The van der Waals surface area contributed by atoms with Crippen molar-refractivity contribution in [1.82, 2.24) is 0 Å². The van der Waals surface area contributed by atoms with Gasteiger partial charge in [-0.3, -0.25) is 9.52 Å². The smallest absolute Gasteiger partial charge is 0.261 e. The molecule has 0 spiro atoms. The van der Waals surface area contributed by atoms with Crippen LogP contribution in [0, 0.1) is 6.92 Å². The summed E-state index contributed by atoms with van der Waals surface area (Å²) < 4.78 is 27.9. The van der Waals surface area contributed by atoms with E-state index in [0.29, 0.717) is 18.7 Å². The lowest BCUT2D eigenvalue weighted by atomic mass is 10.1. The van der Waals surface area contributed by atoms with Crippen LogP contribution in [0.1, 0.15) is 37.3 Å². The van der Waals surface area contributed by atoms with Gasteiger partial charge in [0, 0.05) is 18.7 Å². The molecule has 1 aliphatic rings. The van der Waals surface area contributed by atoms with Gasteiger partial charge in [0.05, 0.1) is 10.6 Å². The van der Waals surface area contributed by atoms with E-state index < -0.39 is 10.0 Å². The van der Waals surface area contributed by atoms with Crippen molar-refractivity contribution in [3.8, 4) is 0 Å². The standard InChI is InChI=1S/C20H24N2O3S/c1-3-5-16-8-11-18(12-9-16)26(24,25)21-17-10-7-15(2)19(14-17)22-13-4-6-20(22)23/h7-12,14,21H,3-6,13H2,1-2H3. The van der Waals surface area contributed by atoms with E-state index in [0.717, 1.165) is 36.1 Å². The zero-order chi connectivity index (χ0) is 18.7. The van der Waals surface area contributed by atoms with Gasteiger partial charge in [-0.25, -0.2) is 8.42 Å². The van der Waals surface area contributed by atoms with Crippen molar-refractivity contribution in [3.63, 3.8) is 0 Å². The summed E-state index contributed by atoms with van der Waals surface area (Å²) in [5.74, 6) is 0.0830. The number of anilines is 2. The lowest BCUT2D eigenvalue weighted by Gasteiger charge is -2.19. The molecule has 0 radical (unpaired) electrons. The minimum Gasteiger partial charge on any atom is -0.312 e. The molecule has 0 aromatic heterocycles. The van der Waals surface area contributed by atoms with Gasteiger partial charge in [-0.2, -0.15) is 0 Å². The Hall–Kier alpha value is -2.34. The van der Waals surface area contributed by atoms with Crippen molar-refractivity contribution in [2.45, 2.75) is 44.4 Å². The second-order valence-corrected chi connectivity index (χ2v) is 8.33. The number of rotatable bonds is 6. The SMILES string of the molecule is CCCc1ccc(S(=O)(=O)Nc2ccc(C)c(N3CCCC3=O)c2)cc1. The minimum atomic E-state index is -3.67. The quantitative estimate of drug-likeness (QED) is 0.837. The van der Waals surface area contributed by atoms with Gasteiger partial charge in [-0.15, -0.1) is 0 Å². The molecule has 0 bridgehead atoms. The monoisotopic (exact) mass is 372 g/mol. The van der Waals surface area contributed by atoms with E-state index >= 15 is 0 Å². The van der Waals surface area contributed by atoms with E-state index in [1.165, 1.54) is 0 Å². The van der Waals surface area contributed by atoms with E-state index in [-0.39, 0.29) is 10.8 Å². The van der Waals surface area contributed by atoms with Gasteiger partial charge in [0.25, 0.3) is 10.0 Å². The Balaban J connectivity index is 1.84. The predicted octanol–water partition coefficient (Wildman–Crippen LogP) is 3.88. The number of hydrogen-bond acceptors (Lipinski definition) is 3. The van der Waals surface area contributed by atoms with Crippen molar-refractivity contribution in [2.24, 2.45) is 0 Å². The Labute approximate surface area is 155 Å². The van der Waals surface area contributed by atoms with Gasteiger partial charge in [0.15, 0.2) is 0 Å². The van der Waals surface area contributed by atoms with Crippen LogP contribution in [0.5, 0.6) is 0 Å². The molecule has 1 amide bonds. The molecule has 26 heavy (non-hydrogen) atoms. The Morgan fingerprint density at radius 3 is 2.46 bits per heavy atom. The van der Waals surface area contributed by atoms with Gasteiger partial charge in [-0.1, -0.05) is 31.5 Å². The summed E-state index contributed by atoms with van der Waals surface area (Å²) >= 11 is 0. The lowest BCUT2D eigenvalue weighted by molar-refractivity contribution is -0.117. The maximum atomic E-state index is 12.7. The average Bonchev–Trinajstić information content (AvgIpc) is 3.03. The number of amides is 1. The molecule has 2 aromatic rings. The second kappa shape index (κ2) is 7.50. The molecule has 0 unspecified atom stereocenters. The van der Waals surface area contributed by atoms with Crippen LogP contribution in [0.2, 0.25) is 0 Å². The normalized spacial score (nSPS) is 14.7. The molecule has 6 heteroatoms. The van der Waals surface area contributed by atoms with Crippen LogP contribution in [0.3, 0.4) is 0 Å². The summed E-state index contributed by atoms with van der Waals surface area (Å²) in [6.07, 6.45) is 3.32. The summed E-state index contributed by atoms with van der Waals surface area (Å²) in [4.78, 5) is 14.0. The molecule has 2 aromatic carbocycles. The number of nitrogens with one attached hydrogen (secondary N) is 1. The maximum absolute atomic E-state index is 12.7. The van der Waals surface area contributed by atoms with Crippen LogP contribution < -0.4 is 9.62 Å². The van der Waals surface area contributed by atoms with Crippen LogP contribution in [0.15, 0.2) is 47.4 Å². The van der Waals surface area contributed by atoms with Gasteiger partial charge in [0.2, 0.25) is 5.91 Å². The molecule has 1 fully saturated rings. The fourth-order valence-electron chi connectivity index (χ4n) is 3.20. The van der Waals surface area contributed by atoms with Crippen LogP contribution in [0.4, 0.5) is 11.4 Å². The number of carbonyl (C=O) groups excluding carboxylic acids is 1. The summed E-state index contributed by atoms with van der Waals surface area (Å²) in [6.45, 7) is 4.69. The van der Waals surface area contributed by atoms with Crippen molar-refractivity contribution >= 4 is 27.3 Å². The first-order chi connectivity index (χ1) is 12.4. The summed E-state index contributed by atoms with van der Waals surface area (Å²) in [6, 6.07) is 12.3. The lowest BCUT2D eigenvalue weighted by Crippen LogP contribution is -2.24. The van der Waals surface area contributed by atoms with Crippen molar-refractivity contribution in [1.29, 1.82) is 0 Å². The summed E-state index contributed by atoms with van der Waals surface area (Å²) in [5.41, 5.74) is 3.30. The zero-order valence-electron chi connectivity index (χ0n) is 15.2. The number of hydrogen-bond donors (Lipinski definition) is 1. The third-order valence-corrected chi connectivity index (χ3v) is 6.00. The molecular formula is C20H24N2O3S. The number of nitrogens with zero attached hydrogens (tertiary/aromatic N) is 1. The first-order valence-electron chi connectivity index (χ1n) is 8.93. The molecule has 3 rings (SSSR count). The third kappa shape index (κ3) is 3.90. The molecule has 1 aliphatic heterocycles. The second-order valence-electron chi connectivity index (χ2n) is 6.65. The minimum absolute atomic E-state index is 0.0830. The predicted molar refractivity (Wildman–Crippen MR) is 104 cm³/mol. The molecular weight excluding hydrogens is 348 g/mol. The van der Waals surface area contributed by atoms with Gasteiger partial charge < -0.3 is 4.90 Å². The number of aryl methyl sites for hydroxylation is 2. The third-order valence-electron chi connectivity index (χ3n) is 4.60. The zero-order valence-corrected chi connectivity index (χ0v) is 16.0. The van der Waals surface area contributed by atoms with Crippen molar-refractivity contribution in [3.05, 3.63) is 53.6 Å². The Morgan fingerprint density at radius 1 is 1.12 bits per heavy atom. The molecule has 0 aliphatic carbocycles. The first-order valence-corrected chi connectivity index (χ1v) is 10.4. The molecule has 0 saturated carbocycles. The Morgan fingerprint density at radius 2 is 1.85 bits per heavy atom. The van der Waals surface area contributed by atoms with Gasteiger partial charge >= 0.3 is 0 Å². The van der Waals surface area contributed by atoms with Crippen molar-refractivity contribution in [2.75, 3.05) is 16.2 Å². The molecule has 5 nitrogen and oxygen atoms in total. The largest absolute Gasteiger partial charge is 0.312 e. The molecule has 1 heterocycles. The van der Waals surface area contributed by atoms with Crippen LogP contribution >= 0.6 is 0 Å².